The van der Waals surface area contributed by atoms with Crippen LogP contribution in [0.1, 0.15) is 22.4 Å². The monoisotopic (exact) mass is 583 g/mol. The van der Waals surface area contributed by atoms with Crippen LogP contribution in [0.5, 0.6) is 11.5 Å². The molecule has 7 heteroatoms. The van der Waals surface area contributed by atoms with Gasteiger partial charge in [-0.25, -0.2) is 0 Å². The number of thioether (sulfide) groups is 4. The lowest BCUT2D eigenvalue weighted by atomic mass is 10.0. The van der Waals surface area contributed by atoms with Crippen molar-refractivity contribution in [3.63, 3.8) is 0 Å². The molecule has 0 fully saturated rings. The number of hydrogen-bond donors (Lipinski definition) is 1. The number of aromatic nitrogens is 1. The molecule has 0 radical (unpaired) electrons. The Labute approximate surface area is 245 Å². The third-order valence-electron chi connectivity index (χ3n) is 7.07. The number of H-pyrrole nitrogens is 1. The van der Waals surface area contributed by atoms with Crippen molar-refractivity contribution in [3.05, 3.63) is 132 Å². The Hall–Kier alpha value is -2.84. The summed E-state index contributed by atoms with van der Waals surface area (Å²) in [5, 5.41) is 0. The number of ether oxygens (including phenoxy) is 2. The van der Waals surface area contributed by atoms with Gasteiger partial charge >= 0.3 is 0 Å². The van der Waals surface area contributed by atoms with Crippen LogP contribution in [0.3, 0.4) is 0 Å². The number of methoxy groups -OCH3 is 2. The fourth-order valence-electron chi connectivity index (χ4n) is 5.08. The third kappa shape index (κ3) is 4.18. The molecule has 39 heavy (non-hydrogen) atoms. The number of hydrogen-bond acceptors (Lipinski definition) is 6. The molecule has 1 aromatic heterocycles. The normalized spacial score (nSPS) is 16.5. The van der Waals surface area contributed by atoms with Crippen molar-refractivity contribution in [3.8, 4) is 11.5 Å². The summed E-state index contributed by atoms with van der Waals surface area (Å²) in [4.78, 5) is 8.97. The van der Waals surface area contributed by atoms with Gasteiger partial charge < -0.3 is 14.5 Å². The molecule has 0 spiro atoms. The van der Waals surface area contributed by atoms with Crippen LogP contribution in [0.15, 0.2) is 129 Å². The smallest absolute Gasteiger partial charge is 0.135 e. The van der Waals surface area contributed by atoms with E-state index in [9.17, 15) is 0 Å². The fraction of sp³-hybridized carbons (Fsp3) is 0.125. The first-order valence-electron chi connectivity index (χ1n) is 12.6. The molecule has 1 N–H and O–H groups in total. The molecule has 194 valence electrons. The zero-order chi connectivity index (χ0) is 26.5. The lowest BCUT2D eigenvalue weighted by Gasteiger charge is -2.29. The predicted molar refractivity (Wildman–Crippen MR) is 165 cm³/mol. The van der Waals surface area contributed by atoms with Crippen molar-refractivity contribution in [1.29, 1.82) is 0 Å². The number of benzene rings is 4. The molecule has 3 nitrogen and oxygen atoms in total. The van der Waals surface area contributed by atoms with Crippen molar-refractivity contribution in [2.24, 2.45) is 0 Å². The Morgan fingerprint density at radius 1 is 0.513 bits per heavy atom. The van der Waals surface area contributed by atoms with Gasteiger partial charge in [-0.2, -0.15) is 0 Å². The summed E-state index contributed by atoms with van der Waals surface area (Å²) in [6.07, 6.45) is 2.21. The average Bonchev–Trinajstić information content (AvgIpc) is 3.73. The number of fused-ring (bicyclic) bond motifs is 2. The Balaban J connectivity index is 1.36. The van der Waals surface area contributed by atoms with Crippen molar-refractivity contribution >= 4 is 47.0 Å². The zero-order valence-electron chi connectivity index (χ0n) is 21.3. The van der Waals surface area contributed by atoms with Gasteiger partial charge in [0.05, 0.1) is 14.2 Å². The highest BCUT2D eigenvalue weighted by Crippen LogP contribution is 2.67. The van der Waals surface area contributed by atoms with Crippen LogP contribution in [0.25, 0.3) is 0 Å². The molecule has 5 aromatic rings. The van der Waals surface area contributed by atoms with E-state index in [-0.39, 0.29) is 8.16 Å². The molecule has 0 bridgehead atoms. The molecule has 0 amide bonds. The van der Waals surface area contributed by atoms with Gasteiger partial charge in [0.15, 0.2) is 0 Å². The van der Waals surface area contributed by atoms with E-state index in [1.54, 1.807) is 14.2 Å². The highest BCUT2D eigenvalue weighted by molar-refractivity contribution is 8.20. The number of aromatic amines is 1. The van der Waals surface area contributed by atoms with E-state index < -0.39 is 0 Å². The molecule has 0 saturated heterocycles. The number of nitrogens with one attached hydrogen (secondary N) is 1. The van der Waals surface area contributed by atoms with E-state index in [0.717, 1.165) is 11.5 Å². The fourth-order valence-corrected chi connectivity index (χ4v) is 11.4. The Bertz CT molecular complexity index is 1470. The molecule has 0 atom stereocenters. The van der Waals surface area contributed by atoms with Gasteiger partial charge in [-0.05, 0) is 65.7 Å². The van der Waals surface area contributed by atoms with Crippen LogP contribution in [-0.4, -0.2) is 19.2 Å². The van der Waals surface area contributed by atoms with Crippen LogP contribution < -0.4 is 9.47 Å². The first-order valence-corrected chi connectivity index (χ1v) is 15.8. The third-order valence-corrected chi connectivity index (χ3v) is 13.6. The van der Waals surface area contributed by atoms with Crippen molar-refractivity contribution in [2.75, 3.05) is 14.2 Å². The standard InChI is InChI=1S/C32H25NO2S4/c1-34-24-15-11-21(12-16-24)31(36-26-7-3-4-8-27(26)37-31)23-19-30(33-20-23)32(22-13-17-25(35-2)18-14-22)38-28-9-5-6-10-29(28)39-32/h3-20,33H,1-2H3. The van der Waals surface area contributed by atoms with Crippen molar-refractivity contribution < 1.29 is 9.47 Å². The Morgan fingerprint density at radius 2 is 0.923 bits per heavy atom. The van der Waals surface area contributed by atoms with Gasteiger partial charge in [0, 0.05) is 37.0 Å². The van der Waals surface area contributed by atoms with Crippen LogP contribution in [0.2, 0.25) is 0 Å². The van der Waals surface area contributed by atoms with Crippen molar-refractivity contribution in [2.45, 2.75) is 27.7 Å². The summed E-state index contributed by atoms with van der Waals surface area (Å²) in [6, 6.07) is 36.8. The molecule has 7 rings (SSSR count). The molecular weight excluding hydrogens is 559 g/mol. The maximum absolute atomic E-state index is 5.48. The van der Waals surface area contributed by atoms with Crippen LogP contribution >= 0.6 is 47.0 Å². The minimum Gasteiger partial charge on any atom is -0.497 e. The zero-order valence-corrected chi connectivity index (χ0v) is 24.6. The maximum Gasteiger partial charge on any atom is 0.135 e. The van der Waals surface area contributed by atoms with E-state index in [1.165, 1.54) is 42.0 Å². The minimum absolute atomic E-state index is 0.313. The molecule has 0 saturated carbocycles. The average molecular weight is 584 g/mol. The molecule has 3 heterocycles. The first kappa shape index (κ1) is 25.1. The summed E-state index contributed by atoms with van der Waals surface area (Å²) in [5.41, 5.74) is 4.91. The van der Waals surface area contributed by atoms with E-state index in [1.807, 2.05) is 47.0 Å². The van der Waals surface area contributed by atoms with Crippen LogP contribution in [0, 0.1) is 0 Å². The van der Waals surface area contributed by atoms with Crippen LogP contribution in [-0.2, 0) is 8.16 Å². The Kier molecular flexibility index (Phi) is 6.43. The van der Waals surface area contributed by atoms with Crippen LogP contribution in [0.4, 0.5) is 0 Å². The number of rotatable bonds is 6. The summed E-state index contributed by atoms with van der Waals surface area (Å²) in [7, 11) is 3.43. The molecular formula is C32H25NO2S4. The molecule has 2 aliphatic heterocycles. The van der Waals surface area contributed by atoms with Crippen molar-refractivity contribution in [1.82, 2.24) is 4.98 Å². The van der Waals surface area contributed by atoms with Gasteiger partial charge in [-0.3, -0.25) is 0 Å². The minimum atomic E-state index is -0.337. The maximum atomic E-state index is 5.48. The van der Waals surface area contributed by atoms with E-state index in [2.05, 4.69) is 114 Å². The Morgan fingerprint density at radius 3 is 1.36 bits per heavy atom. The van der Waals surface area contributed by atoms with E-state index >= 15 is 0 Å². The predicted octanol–water partition coefficient (Wildman–Crippen LogP) is 9.23. The summed E-state index contributed by atoms with van der Waals surface area (Å²) in [5.74, 6) is 1.73. The SMILES string of the molecule is COc1ccc(C2(c3c[nH]c(C4(c5ccc(OC)cc5)Sc5ccccc5S4)c3)Sc3ccccc3S2)cc1. The second kappa shape index (κ2) is 9.97. The quantitative estimate of drug-likeness (QED) is 0.215. The molecule has 2 aliphatic rings. The highest BCUT2D eigenvalue weighted by Gasteiger charge is 2.47. The summed E-state index contributed by atoms with van der Waals surface area (Å²) in [6.45, 7) is 0. The van der Waals surface area contributed by atoms with Gasteiger partial charge in [0.2, 0.25) is 0 Å². The van der Waals surface area contributed by atoms with E-state index in [0.29, 0.717) is 0 Å². The van der Waals surface area contributed by atoms with Gasteiger partial charge in [0.25, 0.3) is 0 Å². The van der Waals surface area contributed by atoms with Gasteiger partial charge in [-0.15, -0.1) is 0 Å². The molecule has 0 aliphatic carbocycles. The summed E-state index contributed by atoms with van der Waals surface area (Å²) >= 11 is 7.65. The van der Waals surface area contributed by atoms with Gasteiger partial charge in [-0.1, -0.05) is 95.6 Å². The molecule has 0 unspecified atom stereocenters. The second-order valence-electron chi connectivity index (χ2n) is 9.29. The largest absolute Gasteiger partial charge is 0.497 e. The molecule has 4 aromatic carbocycles. The first-order chi connectivity index (χ1) is 19.1. The lowest BCUT2D eigenvalue weighted by Crippen LogP contribution is -2.18. The van der Waals surface area contributed by atoms with E-state index in [4.69, 9.17) is 9.47 Å². The highest BCUT2D eigenvalue weighted by atomic mass is 32.2. The van der Waals surface area contributed by atoms with Gasteiger partial charge in [0.1, 0.15) is 19.7 Å². The lowest BCUT2D eigenvalue weighted by molar-refractivity contribution is 0.414. The summed E-state index contributed by atoms with van der Waals surface area (Å²) < 4.78 is 10.3. The second-order valence-corrected chi connectivity index (χ2v) is 14.8. The topological polar surface area (TPSA) is 34.2 Å².